The number of ether oxygens (including phenoxy) is 1. The van der Waals surface area contributed by atoms with Crippen molar-refractivity contribution < 1.29 is 17.9 Å². The Morgan fingerprint density at radius 1 is 1.17 bits per heavy atom. The van der Waals surface area contributed by atoms with Gasteiger partial charge in [-0.3, -0.25) is 4.79 Å². The Kier molecular flexibility index (Phi) is 5.48. The predicted octanol–water partition coefficient (Wildman–Crippen LogP) is 0.985. The first kappa shape index (κ1) is 19.7. The monoisotopic (exact) mass is 417 g/mol. The Bertz CT molecular complexity index is 1030. The van der Waals surface area contributed by atoms with Crippen LogP contribution in [0, 0.1) is 6.92 Å². The molecule has 1 amide bonds. The minimum Gasteiger partial charge on any atom is -0.378 e. The summed E-state index contributed by atoms with van der Waals surface area (Å²) in [5.41, 5.74) is 2.87. The SMILES string of the molecule is Cc1cc(CNS(=O)(=O)c2ccc3c(c2)CCC(=O)N3)nc(N2CCOCC2)n1. The highest BCUT2D eigenvalue weighted by Gasteiger charge is 2.21. The van der Waals surface area contributed by atoms with E-state index in [1.807, 2.05) is 11.8 Å². The van der Waals surface area contributed by atoms with Crippen molar-refractivity contribution in [2.24, 2.45) is 0 Å². The average molecular weight is 417 g/mol. The van der Waals surface area contributed by atoms with Crippen molar-refractivity contribution in [2.45, 2.75) is 31.2 Å². The standard InChI is InChI=1S/C19H23N5O4S/c1-13-10-15(22-19(21-13)24-6-8-28-9-7-24)12-20-29(26,27)16-3-4-17-14(11-16)2-5-18(25)23-17/h3-4,10-11,20H,2,5-9,12H2,1H3,(H,23,25). The molecule has 2 aliphatic heterocycles. The minimum atomic E-state index is -3.71. The van der Waals surface area contributed by atoms with E-state index in [1.165, 1.54) is 6.07 Å². The van der Waals surface area contributed by atoms with Crippen molar-refractivity contribution in [3.8, 4) is 0 Å². The Morgan fingerprint density at radius 2 is 1.97 bits per heavy atom. The van der Waals surface area contributed by atoms with Crippen molar-refractivity contribution in [3.63, 3.8) is 0 Å². The van der Waals surface area contributed by atoms with Crippen molar-refractivity contribution in [3.05, 3.63) is 41.2 Å². The van der Waals surface area contributed by atoms with Gasteiger partial charge in [0.2, 0.25) is 21.9 Å². The largest absolute Gasteiger partial charge is 0.378 e. The van der Waals surface area contributed by atoms with E-state index in [2.05, 4.69) is 20.0 Å². The van der Waals surface area contributed by atoms with Gasteiger partial charge in [-0.15, -0.1) is 0 Å². The molecule has 29 heavy (non-hydrogen) atoms. The van der Waals surface area contributed by atoms with Crippen LogP contribution < -0.4 is 14.9 Å². The summed E-state index contributed by atoms with van der Waals surface area (Å²) >= 11 is 0. The molecule has 1 aromatic carbocycles. The van der Waals surface area contributed by atoms with E-state index in [1.54, 1.807) is 18.2 Å². The number of sulfonamides is 1. The zero-order valence-corrected chi connectivity index (χ0v) is 17.0. The zero-order chi connectivity index (χ0) is 20.4. The van der Waals surface area contributed by atoms with Gasteiger partial charge in [-0.1, -0.05) is 0 Å². The van der Waals surface area contributed by atoms with Gasteiger partial charge in [-0.05, 0) is 43.2 Å². The molecular formula is C19H23N5O4S. The Labute approximate surface area is 169 Å². The van der Waals surface area contributed by atoms with Crippen LogP contribution in [-0.2, 0) is 32.5 Å². The van der Waals surface area contributed by atoms with E-state index in [4.69, 9.17) is 4.74 Å². The molecule has 154 valence electrons. The zero-order valence-electron chi connectivity index (χ0n) is 16.1. The fourth-order valence-corrected chi connectivity index (χ4v) is 4.44. The number of nitrogens with zero attached hydrogens (tertiary/aromatic N) is 3. The van der Waals surface area contributed by atoms with Gasteiger partial charge in [0.1, 0.15) is 0 Å². The van der Waals surface area contributed by atoms with Crippen molar-refractivity contribution in [1.29, 1.82) is 0 Å². The molecule has 1 aromatic heterocycles. The van der Waals surface area contributed by atoms with E-state index in [9.17, 15) is 13.2 Å². The summed E-state index contributed by atoms with van der Waals surface area (Å²) in [6.07, 6.45) is 0.882. The van der Waals surface area contributed by atoms with E-state index in [-0.39, 0.29) is 17.3 Å². The van der Waals surface area contributed by atoms with Gasteiger partial charge in [0.05, 0.1) is 30.3 Å². The molecule has 2 N–H and O–H groups in total. The predicted molar refractivity (Wildman–Crippen MR) is 107 cm³/mol. The molecule has 3 heterocycles. The van der Waals surface area contributed by atoms with Gasteiger partial charge < -0.3 is 15.0 Å². The van der Waals surface area contributed by atoms with Gasteiger partial charge in [-0.2, -0.15) is 0 Å². The fraction of sp³-hybridized carbons (Fsp3) is 0.421. The number of aromatic nitrogens is 2. The number of carbonyl (C=O) groups is 1. The number of fused-ring (bicyclic) bond motifs is 1. The smallest absolute Gasteiger partial charge is 0.240 e. The van der Waals surface area contributed by atoms with Crippen molar-refractivity contribution >= 4 is 27.6 Å². The quantitative estimate of drug-likeness (QED) is 0.746. The summed E-state index contributed by atoms with van der Waals surface area (Å²) < 4.78 is 33.5. The third-order valence-electron chi connectivity index (χ3n) is 4.92. The van der Waals surface area contributed by atoms with Crippen LogP contribution in [0.15, 0.2) is 29.2 Å². The highest BCUT2D eigenvalue weighted by atomic mass is 32.2. The third kappa shape index (κ3) is 4.55. The number of rotatable bonds is 5. The lowest BCUT2D eigenvalue weighted by molar-refractivity contribution is -0.116. The number of carbonyl (C=O) groups excluding carboxylic acids is 1. The Morgan fingerprint density at radius 3 is 2.76 bits per heavy atom. The van der Waals surface area contributed by atoms with Crippen LogP contribution in [-0.4, -0.2) is 50.6 Å². The highest BCUT2D eigenvalue weighted by molar-refractivity contribution is 7.89. The Balaban J connectivity index is 1.49. The second-order valence-electron chi connectivity index (χ2n) is 7.09. The van der Waals surface area contributed by atoms with Crippen LogP contribution in [0.3, 0.4) is 0 Å². The minimum absolute atomic E-state index is 0.0542. The molecule has 0 atom stereocenters. The summed E-state index contributed by atoms with van der Waals surface area (Å²) in [5, 5.41) is 2.76. The molecule has 1 saturated heterocycles. The van der Waals surface area contributed by atoms with Crippen molar-refractivity contribution in [1.82, 2.24) is 14.7 Å². The van der Waals surface area contributed by atoms with E-state index >= 15 is 0 Å². The maximum atomic E-state index is 12.8. The average Bonchev–Trinajstić information content (AvgIpc) is 2.72. The van der Waals surface area contributed by atoms with Gasteiger partial charge in [0.15, 0.2) is 0 Å². The molecule has 1 fully saturated rings. The summed E-state index contributed by atoms with van der Waals surface area (Å²) in [6.45, 7) is 4.59. The number of morpholine rings is 1. The van der Waals surface area contributed by atoms with E-state index in [0.29, 0.717) is 56.5 Å². The second-order valence-corrected chi connectivity index (χ2v) is 8.86. The first-order chi connectivity index (χ1) is 13.9. The molecule has 0 radical (unpaired) electrons. The molecule has 2 aromatic rings. The first-order valence-corrected chi connectivity index (χ1v) is 11.0. The molecule has 0 unspecified atom stereocenters. The van der Waals surface area contributed by atoms with Crippen molar-refractivity contribution in [2.75, 3.05) is 36.5 Å². The van der Waals surface area contributed by atoms with Crippen LogP contribution in [0.25, 0.3) is 0 Å². The maximum absolute atomic E-state index is 12.8. The van der Waals surface area contributed by atoms with Crippen LogP contribution in [0.1, 0.15) is 23.4 Å². The van der Waals surface area contributed by atoms with Gasteiger partial charge >= 0.3 is 0 Å². The second kappa shape index (κ2) is 8.05. The topological polar surface area (TPSA) is 114 Å². The molecule has 10 heteroatoms. The molecule has 9 nitrogen and oxygen atoms in total. The van der Waals surface area contributed by atoms with Crippen LogP contribution in [0.5, 0.6) is 0 Å². The first-order valence-electron chi connectivity index (χ1n) is 9.50. The number of anilines is 2. The van der Waals surface area contributed by atoms with Crippen LogP contribution in [0.2, 0.25) is 0 Å². The molecule has 0 spiro atoms. The number of amides is 1. The summed E-state index contributed by atoms with van der Waals surface area (Å²) in [4.78, 5) is 22.7. The van der Waals surface area contributed by atoms with Gasteiger partial charge in [0.25, 0.3) is 0 Å². The van der Waals surface area contributed by atoms with Gasteiger partial charge in [-0.25, -0.2) is 23.1 Å². The lowest BCUT2D eigenvalue weighted by Crippen LogP contribution is -2.37. The van der Waals surface area contributed by atoms with Crippen LogP contribution >= 0.6 is 0 Å². The number of benzene rings is 1. The molecule has 0 saturated carbocycles. The highest BCUT2D eigenvalue weighted by Crippen LogP contribution is 2.25. The Hall–Kier alpha value is -2.56. The van der Waals surface area contributed by atoms with Gasteiger partial charge in [0, 0.05) is 30.9 Å². The molecular weight excluding hydrogens is 394 g/mol. The van der Waals surface area contributed by atoms with Crippen LogP contribution in [0.4, 0.5) is 11.6 Å². The lowest BCUT2D eigenvalue weighted by atomic mass is 10.0. The fourth-order valence-electron chi connectivity index (χ4n) is 3.39. The third-order valence-corrected chi connectivity index (χ3v) is 6.31. The number of hydrogen-bond acceptors (Lipinski definition) is 7. The number of nitrogens with one attached hydrogen (secondary N) is 2. The molecule has 0 bridgehead atoms. The number of hydrogen-bond donors (Lipinski definition) is 2. The molecule has 0 aliphatic carbocycles. The molecule has 2 aliphatic rings. The van der Waals surface area contributed by atoms with E-state index in [0.717, 1.165) is 11.3 Å². The lowest BCUT2D eigenvalue weighted by Gasteiger charge is -2.27. The maximum Gasteiger partial charge on any atom is 0.240 e. The summed E-state index contributed by atoms with van der Waals surface area (Å²) in [5.74, 6) is 0.536. The summed E-state index contributed by atoms with van der Waals surface area (Å²) in [6, 6.07) is 6.51. The summed E-state index contributed by atoms with van der Waals surface area (Å²) in [7, 11) is -3.71. The normalized spacial score (nSPS) is 17.0. The van der Waals surface area contributed by atoms with E-state index < -0.39 is 10.0 Å². The molecule has 4 rings (SSSR count). The number of aryl methyl sites for hydroxylation is 2.